The van der Waals surface area contributed by atoms with Crippen molar-refractivity contribution in [2.75, 3.05) is 44.7 Å². The summed E-state index contributed by atoms with van der Waals surface area (Å²) in [6, 6.07) is 7.22. The van der Waals surface area contributed by atoms with E-state index in [0.29, 0.717) is 17.8 Å². The van der Waals surface area contributed by atoms with Crippen molar-refractivity contribution in [3.8, 4) is 0 Å². The van der Waals surface area contributed by atoms with Gasteiger partial charge in [-0.15, -0.1) is 0 Å². The number of carbonyl (C=O) groups excluding carboxylic acids is 2. The number of para-hydroxylation sites is 1. The summed E-state index contributed by atoms with van der Waals surface area (Å²) in [5.41, 5.74) is 7.71. The first-order chi connectivity index (χ1) is 16.5. The first kappa shape index (κ1) is 24.2. The van der Waals surface area contributed by atoms with Crippen LogP contribution in [0.4, 0.5) is 5.13 Å². The number of anilines is 1. The molecule has 1 saturated heterocycles. The molecule has 4 rings (SSSR count). The van der Waals surface area contributed by atoms with Crippen molar-refractivity contribution in [2.24, 2.45) is 0 Å². The van der Waals surface area contributed by atoms with Crippen molar-refractivity contribution < 1.29 is 9.59 Å². The van der Waals surface area contributed by atoms with Crippen molar-refractivity contribution in [2.45, 2.75) is 32.2 Å². The molecule has 1 aliphatic heterocycles. The molecule has 1 aliphatic rings. The molecule has 2 aromatic heterocycles. The van der Waals surface area contributed by atoms with Crippen LogP contribution in [0, 0.1) is 0 Å². The number of carbonyl (C=O) groups is 2. The second-order valence-electron chi connectivity index (χ2n) is 8.66. The fourth-order valence-corrected chi connectivity index (χ4v) is 4.85. The summed E-state index contributed by atoms with van der Waals surface area (Å²) in [5.74, 6) is -0.551. The SMILES string of the molecule is CCCCNNC(=O)C(Cc1c[nH]c2ccccc12)NC(=O)c1cnc(N2CCN(C)CC2)s1. The Morgan fingerprint density at radius 3 is 2.79 bits per heavy atom. The number of likely N-dealkylation sites (N-methyl/N-ethyl adjacent to an activating group) is 1. The van der Waals surface area contributed by atoms with Crippen LogP contribution in [0.3, 0.4) is 0 Å². The van der Waals surface area contributed by atoms with Gasteiger partial charge in [-0.05, 0) is 25.1 Å². The van der Waals surface area contributed by atoms with Gasteiger partial charge in [0.05, 0.1) is 6.20 Å². The number of benzene rings is 1. The van der Waals surface area contributed by atoms with Crippen LogP contribution in [0.15, 0.2) is 36.7 Å². The molecule has 1 fully saturated rings. The molecule has 1 atom stereocenters. The fraction of sp³-hybridized carbons (Fsp3) is 0.458. The third kappa shape index (κ3) is 5.94. The Morgan fingerprint density at radius 2 is 2.00 bits per heavy atom. The summed E-state index contributed by atoms with van der Waals surface area (Å²) >= 11 is 1.37. The molecule has 9 nitrogen and oxygen atoms in total. The zero-order valence-electron chi connectivity index (χ0n) is 19.8. The molecule has 10 heteroatoms. The highest BCUT2D eigenvalue weighted by Crippen LogP contribution is 2.24. The van der Waals surface area contributed by atoms with Crippen LogP contribution in [-0.4, -0.2) is 72.5 Å². The Bertz CT molecular complexity index is 1100. The van der Waals surface area contributed by atoms with Gasteiger partial charge in [0, 0.05) is 56.2 Å². The van der Waals surface area contributed by atoms with E-state index in [2.05, 4.69) is 49.9 Å². The monoisotopic (exact) mass is 483 g/mol. The Morgan fingerprint density at radius 1 is 1.21 bits per heavy atom. The minimum absolute atomic E-state index is 0.265. The summed E-state index contributed by atoms with van der Waals surface area (Å²) in [7, 11) is 2.11. The second kappa shape index (κ2) is 11.5. The van der Waals surface area contributed by atoms with E-state index in [0.717, 1.165) is 60.6 Å². The van der Waals surface area contributed by atoms with E-state index in [4.69, 9.17) is 0 Å². The molecule has 0 saturated carbocycles. The number of piperazine rings is 1. The molecule has 3 aromatic rings. The quantitative estimate of drug-likeness (QED) is 0.260. The van der Waals surface area contributed by atoms with E-state index < -0.39 is 6.04 Å². The lowest BCUT2D eigenvalue weighted by Gasteiger charge is -2.32. The van der Waals surface area contributed by atoms with Crippen molar-refractivity contribution in [1.29, 1.82) is 0 Å². The average Bonchev–Trinajstić information content (AvgIpc) is 3.50. The van der Waals surface area contributed by atoms with Gasteiger partial charge < -0.3 is 20.1 Å². The predicted octanol–water partition coefficient (Wildman–Crippen LogP) is 2.14. The number of aromatic nitrogens is 2. The first-order valence-electron chi connectivity index (χ1n) is 11.8. The number of unbranched alkanes of at least 4 members (excludes halogenated alkanes) is 1. The first-order valence-corrected chi connectivity index (χ1v) is 12.6. The fourth-order valence-electron chi connectivity index (χ4n) is 3.97. The number of hydrogen-bond acceptors (Lipinski definition) is 7. The topological polar surface area (TPSA) is 105 Å². The van der Waals surface area contributed by atoms with Crippen molar-refractivity contribution >= 4 is 39.2 Å². The molecule has 2 amide bonds. The molecule has 3 heterocycles. The number of H-pyrrole nitrogens is 1. The number of nitrogens with one attached hydrogen (secondary N) is 4. The van der Waals surface area contributed by atoms with E-state index in [1.54, 1.807) is 6.20 Å². The third-order valence-corrected chi connectivity index (χ3v) is 7.14. The maximum atomic E-state index is 13.1. The number of fused-ring (bicyclic) bond motifs is 1. The van der Waals surface area contributed by atoms with Gasteiger partial charge in [0.1, 0.15) is 10.9 Å². The Balaban J connectivity index is 1.46. The molecule has 0 aliphatic carbocycles. The van der Waals surface area contributed by atoms with Gasteiger partial charge in [0.2, 0.25) is 0 Å². The van der Waals surface area contributed by atoms with Gasteiger partial charge in [0.25, 0.3) is 11.8 Å². The standard InChI is InChI=1S/C24H33N7O2S/c1-3-4-9-27-29-22(32)20(14-17-15-25-19-8-6-5-7-18(17)19)28-23(33)21-16-26-24(34-21)31-12-10-30(2)11-13-31/h5-8,15-16,20,25,27H,3-4,9-14H2,1-2H3,(H,28,33)(H,29,32). The largest absolute Gasteiger partial charge is 0.361 e. The van der Waals surface area contributed by atoms with Crippen molar-refractivity contribution in [1.82, 2.24) is 31.0 Å². The van der Waals surface area contributed by atoms with Gasteiger partial charge in [0.15, 0.2) is 5.13 Å². The summed E-state index contributed by atoms with van der Waals surface area (Å²) in [4.78, 5) is 38.8. The lowest BCUT2D eigenvalue weighted by atomic mass is 10.0. The number of amides is 2. The van der Waals surface area contributed by atoms with Crippen molar-refractivity contribution in [3.63, 3.8) is 0 Å². The minimum Gasteiger partial charge on any atom is -0.361 e. The van der Waals surface area contributed by atoms with Crippen LogP contribution in [0.1, 0.15) is 35.0 Å². The van der Waals surface area contributed by atoms with Crippen LogP contribution in [0.25, 0.3) is 10.9 Å². The van der Waals surface area contributed by atoms with E-state index in [1.165, 1.54) is 11.3 Å². The maximum absolute atomic E-state index is 13.1. The van der Waals surface area contributed by atoms with Crippen LogP contribution >= 0.6 is 11.3 Å². The van der Waals surface area contributed by atoms with Crippen LogP contribution in [0.5, 0.6) is 0 Å². The summed E-state index contributed by atoms with van der Waals surface area (Å²) < 4.78 is 0. The number of hydrazine groups is 1. The number of aromatic amines is 1. The third-order valence-electron chi connectivity index (χ3n) is 6.08. The molecule has 182 valence electrons. The highest BCUT2D eigenvalue weighted by Gasteiger charge is 2.25. The summed E-state index contributed by atoms with van der Waals surface area (Å²) in [5, 5.41) is 4.83. The Hall–Kier alpha value is -2.95. The molecular weight excluding hydrogens is 450 g/mol. The average molecular weight is 484 g/mol. The summed E-state index contributed by atoms with van der Waals surface area (Å²) in [6.07, 6.45) is 5.86. The maximum Gasteiger partial charge on any atom is 0.263 e. The zero-order chi connectivity index (χ0) is 23.9. The van der Waals surface area contributed by atoms with Crippen LogP contribution in [-0.2, 0) is 11.2 Å². The normalized spacial score (nSPS) is 15.4. The lowest BCUT2D eigenvalue weighted by Crippen LogP contribution is -2.52. The van der Waals surface area contributed by atoms with E-state index in [-0.39, 0.29) is 11.8 Å². The second-order valence-corrected chi connectivity index (χ2v) is 9.67. The molecule has 34 heavy (non-hydrogen) atoms. The number of thiazole rings is 1. The van der Waals surface area contributed by atoms with E-state index >= 15 is 0 Å². The number of nitrogens with zero attached hydrogens (tertiary/aromatic N) is 3. The molecule has 1 aromatic carbocycles. The number of hydrogen-bond donors (Lipinski definition) is 4. The molecule has 0 bridgehead atoms. The molecule has 4 N–H and O–H groups in total. The summed E-state index contributed by atoms with van der Waals surface area (Å²) in [6.45, 7) is 6.49. The highest BCUT2D eigenvalue weighted by atomic mass is 32.1. The van der Waals surface area contributed by atoms with E-state index in [1.807, 2.05) is 30.5 Å². The van der Waals surface area contributed by atoms with Gasteiger partial charge in [-0.2, -0.15) is 0 Å². The molecule has 0 spiro atoms. The lowest BCUT2D eigenvalue weighted by molar-refractivity contribution is -0.123. The highest BCUT2D eigenvalue weighted by molar-refractivity contribution is 7.17. The molecule has 1 unspecified atom stereocenters. The van der Waals surface area contributed by atoms with Gasteiger partial charge in [-0.25, -0.2) is 10.4 Å². The van der Waals surface area contributed by atoms with Gasteiger partial charge >= 0.3 is 0 Å². The zero-order valence-corrected chi connectivity index (χ0v) is 20.6. The van der Waals surface area contributed by atoms with E-state index in [9.17, 15) is 9.59 Å². The van der Waals surface area contributed by atoms with Gasteiger partial charge in [-0.1, -0.05) is 42.9 Å². The minimum atomic E-state index is -0.727. The Kier molecular flexibility index (Phi) is 8.15. The molecule has 0 radical (unpaired) electrons. The van der Waals surface area contributed by atoms with Crippen molar-refractivity contribution in [3.05, 3.63) is 47.1 Å². The van der Waals surface area contributed by atoms with Gasteiger partial charge in [-0.3, -0.25) is 15.0 Å². The molecular formula is C24H33N7O2S. The Labute approximate surface area is 203 Å². The van der Waals surface area contributed by atoms with Crippen LogP contribution < -0.4 is 21.1 Å². The number of rotatable bonds is 10. The smallest absolute Gasteiger partial charge is 0.263 e. The van der Waals surface area contributed by atoms with Crippen LogP contribution in [0.2, 0.25) is 0 Å². The predicted molar refractivity (Wildman–Crippen MR) is 136 cm³/mol.